The summed E-state index contributed by atoms with van der Waals surface area (Å²) in [5, 5.41) is 11.4. The van der Waals surface area contributed by atoms with Crippen molar-refractivity contribution in [2.45, 2.75) is 45.9 Å². The minimum atomic E-state index is -0.120. The van der Waals surface area contributed by atoms with E-state index in [4.69, 9.17) is 4.74 Å². The molecule has 2 atom stereocenters. The van der Waals surface area contributed by atoms with Crippen LogP contribution in [0.5, 0.6) is 0 Å². The molecule has 0 spiro atoms. The summed E-state index contributed by atoms with van der Waals surface area (Å²) in [6.07, 6.45) is 3.95. The van der Waals surface area contributed by atoms with Crippen molar-refractivity contribution in [3.05, 3.63) is 72.1 Å². The van der Waals surface area contributed by atoms with Gasteiger partial charge in [0.1, 0.15) is 6.73 Å². The SMILES string of the molecule is CC(C)[C@@H]1COCn2nncc2CC[C@H](Cc2ccc(-c3ccccc3)cc2)C(=O)N1. The number of hydrogen-bond acceptors (Lipinski definition) is 4. The first kappa shape index (κ1) is 21.2. The zero-order chi connectivity index (χ0) is 21.6. The molecule has 1 aliphatic rings. The van der Waals surface area contributed by atoms with Gasteiger partial charge in [0.25, 0.3) is 0 Å². The molecule has 1 N–H and O–H groups in total. The van der Waals surface area contributed by atoms with E-state index in [1.807, 2.05) is 18.2 Å². The summed E-state index contributed by atoms with van der Waals surface area (Å²) in [7, 11) is 0. The van der Waals surface area contributed by atoms with Gasteiger partial charge in [-0.3, -0.25) is 4.79 Å². The molecule has 6 heteroatoms. The topological polar surface area (TPSA) is 69.0 Å². The Balaban J connectivity index is 1.52. The second-order valence-electron chi connectivity index (χ2n) is 8.59. The first-order chi connectivity index (χ1) is 15.1. The second-order valence-corrected chi connectivity index (χ2v) is 8.59. The molecule has 0 aliphatic carbocycles. The number of amides is 1. The highest BCUT2D eigenvalue weighted by atomic mass is 16.5. The van der Waals surface area contributed by atoms with Crippen molar-refractivity contribution in [1.29, 1.82) is 0 Å². The number of benzene rings is 2. The fraction of sp³-hybridized carbons (Fsp3) is 0.400. The Morgan fingerprint density at radius 3 is 2.58 bits per heavy atom. The van der Waals surface area contributed by atoms with Crippen LogP contribution in [0.4, 0.5) is 0 Å². The van der Waals surface area contributed by atoms with Gasteiger partial charge in [0, 0.05) is 5.92 Å². The number of ether oxygens (including phenoxy) is 1. The molecule has 3 aromatic rings. The minimum Gasteiger partial charge on any atom is -0.357 e. The van der Waals surface area contributed by atoms with Crippen molar-refractivity contribution in [2.24, 2.45) is 11.8 Å². The Morgan fingerprint density at radius 1 is 1.10 bits per heavy atom. The first-order valence-corrected chi connectivity index (χ1v) is 11.0. The van der Waals surface area contributed by atoms with Crippen LogP contribution in [0.2, 0.25) is 0 Å². The van der Waals surface area contributed by atoms with Gasteiger partial charge in [0.05, 0.1) is 24.5 Å². The molecule has 0 radical (unpaired) electrons. The molecule has 0 bridgehead atoms. The van der Waals surface area contributed by atoms with Crippen LogP contribution < -0.4 is 5.32 Å². The van der Waals surface area contributed by atoms with Crippen molar-refractivity contribution in [3.63, 3.8) is 0 Å². The number of fused-ring (bicyclic) bond motifs is 1. The average molecular weight is 419 g/mol. The van der Waals surface area contributed by atoms with Crippen molar-refractivity contribution >= 4 is 5.91 Å². The van der Waals surface area contributed by atoms with Crippen LogP contribution in [0.1, 0.15) is 31.5 Å². The summed E-state index contributed by atoms with van der Waals surface area (Å²) in [5.41, 5.74) is 4.55. The van der Waals surface area contributed by atoms with E-state index in [2.05, 4.69) is 65.9 Å². The average Bonchev–Trinajstić information content (AvgIpc) is 3.23. The summed E-state index contributed by atoms with van der Waals surface area (Å²) >= 11 is 0. The van der Waals surface area contributed by atoms with Crippen LogP contribution in [-0.4, -0.2) is 33.5 Å². The number of aryl methyl sites for hydroxylation is 1. The Morgan fingerprint density at radius 2 is 1.84 bits per heavy atom. The van der Waals surface area contributed by atoms with Crippen LogP contribution in [0.25, 0.3) is 11.1 Å². The van der Waals surface area contributed by atoms with E-state index >= 15 is 0 Å². The highest BCUT2D eigenvalue weighted by Gasteiger charge is 2.25. The van der Waals surface area contributed by atoms with Gasteiger partial charge in [-0.2, -0.15) is 0 Å². The molecule has 1 amide bonds. The number of rotatable bonds is 4. The molecule has 6 nitrogen and oxygen atoms in total. The van der Waals surface area contributed by atoms with Crippen LogP contribution in [0.3, 0.4) is 0 Å². The molecule has 2 heterocycles. The maximum atomic E-state index is 13.2. The van der Waals surface area contributed by atoms with Crippen LogP contribution in [0.15, 0.2) is 60.8 Å². The lowest BCUT2D eigenvalue weighted by Crippen LogP contribution is -2.45. The fourth-order valence-electron chi connectivity index (χ4n) is 3.95. The minimum absolute atomic E-state index is 0.0273. The van der Waals surface area contributed by atoms with E-state index in [1.165, 1.54) is 16.7 Å². The second kappa shape index (κ2) is 9.88. The van der Waals surface area contributed by atoms with Gasteiger partial charge in [-0.15, -0.1) is 5.10 Å². The molecule has 2 aromatic carbocycles. The van der Waals surface area contributed by atoms with Gasteiger partial charge in [-0.05, 0) is 41.9 Å². The molecule has 162 valence electrons. The van der Waals surface area contributed by atoms with E-state index in [9.17, 15) is 4.79 Å². The van der Waals surface area contributed by atoms with Crippen molar-refractivity contribution < 1.29 is 9.53 Å². The molecule has 0 fully saturated rings. The molecule has 0 unspecified atom stereocenters. The number of nitrogens with one attached hydrogen (secondary N) is 1. The van der Waals surface area contributed by atoms with Gasteiger partial charge in [0.15, 0.2) is 0 Å². The monoisotopic (exact) mass is 418 g/mol. The van der Waals surface area contributed by atoms with E-state index in [0.717, 1.165) is 18.5 Å². The molecule has 1 aromatic heterocycles. The smallest absolute Gasteiger partial charge is 0.223 e. The zero-order valence-corrected chi connectivity index (χ0v) is 18.2. The summed E-state index contributed by atoms with van der Waals surface area (Å²) in [5.74, 6) is 0.256. The highest BCUT2D eigenvalue weighted by molar-refractivity contribution is 5.79. The van der Waals surface area contributed by atoms with Gasteiger partial charge < -0.3 is 10.1 Å². The third-order valence-electron chi connectivity index (χ3n) is 6.00. The lowest BCUT2D eigenvalue weighted by molar-refractivity contribution is -0.126. The van der Waals surface area contributed by atoms with Gasteiger partial charge in [-0.1, -0.05) is 73.7 Å². The summed E-state index contributed by atoms with van der Waals surface area (Å²) in [6.45, 7) is 5.03. The number of carbonyl (C=O) groups excluding carboxylic acids is 1. The number of carbonyl (C=O) groups is 1. The maximum Gasteiger partial charge on any atom is 0.223 e. The third kappa shape index (κ3) is 5.39. The van der Waals surface area contributed by atoms with E-state index in [1.54, 1.807) is 10.9 Å². The largest absolute Gasteiger partial charge is 0.357 e. The Bertz CT molecular complexity index is 982. The molecule has 0 saturated carbocycles. The molecule has 1 aliphatic heterocycles. The molecule has 0 saturated heterocycles. The lowest BCUT2D eigenvalue weighted by Gasteiger charge is -2.25. The standard InChI is InChI=1S/C25H30N4O2/c1-18(2)24-16-31-17-29-23(15-26-28-29)13-12-22(25(30)27-24)14-19-8-10-21(11-9-19)20-6-4-3-5-7-20/h3-11,15,18,22,24H,12-14,16-17H2,1-2H3,(H,27,30)/t22-,24+/m1/s1. The highest BCUT2D eigenvalue weighted by Crippen LogP contribution is 2.22. The first-order valence-electron chi connectivity index (χ1n) is 11.0. The quantitative estimate of drug-likeness (QED) is 0.698. The predicted octanol–water partition coefficient (Wildman–Crippen LogP) is 3.87. The molecular weight excluding hydrogens is 388 g/mol. The number of nitrogens with zero attached hydrogens (tertiary/aromatic N) is 3. The lowest BCUT2D eigenvalue weighted by atomic mass is 9.91. The summed E-state index contributed by atoms with van der Waals surface area (Å²) < 4.78 is 7.62. The molecular formula is C25H30N4O2. The van der Waals surface area contributed by atoms with Crippen LogP contribution >= 0.6 is 0 Å². The normalized spacial score (nSPS) is 20.0. The van der Waals surface area contributed by atoms with E-state index in [0.29, 0.717) is 19.8 Å². The number of hydrogen-bond donors (Lipinski definition) is 1. The summed E-state index contributed by atoms with van der Waals surface area (Å²) in [6, 6.07) is 18.8. The van der Waals surface area contributed by atoms with Crippen LogP contribution in [-0.2, 0) is 29.1 Å². The Labute approximate surface area is 183 Å². The summed E-state index contributed by atoms with van der Waals surface area (Å²) in [4.78, 5) is 13.2. The van der Waals surface area contributed by atoms with E-state index < -0.39 is 0 Å². The van der Waals surface area contributed by atoms with Crippen molar-refractivity contribution in [3.8, 4) is 11.1 Å². The van der Waals surface area contributed by atoms with Gasteiger partial charge in [0.2, 0.25) is 5.91 Å². The third-order valence-corrected chi connectivity index (χ3v) is 6.00. The maximum absolute atomic E-state index is 13.2. The zero-order valence-electron chi connectivity index (χ0n) is 18.2. The fourth-order valence-corrected chi connectivity index (χ4v) is 3.95. The molecule has 4 rings (SSSR count). The van der Waals surface area contributed by atoms with E-state index in [-0.39, 0.29) is 23.8 Å². The van der Waals surface area contributed by atoms with Gasteiger partial charge >= 0.3 is 0 Å². The molecule has 31 heavy (non-hydrogen) atoms. The van der Waals surface area contributed by atoms with Crippen molar-refractivity contribution in [2.75, 3.05) is 6.61 Å². The Kier molecular flexibility index (Phi) is 6.77. The number of aromatic nitrogens is 3. The van der Waals surface area contributed by atoms with Crippen LogP contribution in [0, 0.1) is 11.8 Å². The van der Waals surface area contributed by atoms with Crippen molar-refractivity contribution in [1.82, 2.24) is 20.3 Å². The Hall–Kier alpha value is -2.99. The van der Waals surface area contributed by atoms with Gasteiger partial charge in [-0.25, -0.2) is 4.68 Å². The predicted molar refractivity (Wildman–Crippen MR) is 120 cm³/mol.